The fraction of sp³-hybridized carbons (Fsp3) is 0.478. The molecule has 30 heavy (non-hydrogen) atoms. The predicted molar refractivity (Wildman–Crippen MR) is 121 cm³/mol. The smallest absolute Gasteiger partial charge is 0.229 e. The van der Waals surface area contributed by atoms with Crippen LogP contribution in [-0.4, -0.2) is 43.7 Å². The number of nitrogens with one attached hydrogen (secondary N) is 3. The van der Waals surface area contributed by atoms with Gasteiger partial charge in [0.2, 0.25) is 5.91 Å². The van der Waals surface area contributed by atoms with E-state index in [2.05, 4.69) is 33.1 Å². The lowest BCUT2D eigenvalue weighted by Gasteiger charge is -2.23. The van der Waals surface area contributed by atoms with Crippen molar-refractivity contribution in [1.29, 1.82) is 0 Å². The number of halogens is 1. The maximum absolute atomic E-state index is 12.5. The zero-order valence-electron chi connectivity index (χ0n) is 17.1. The Kier molecular flexibility index (Phi) is 7.20. The third-order valence-electron chi connectivity index (χ3n) is 5.88. The van der Waals surface area contributed by atoms with Crippen molar-refractivity contribution in [2.24, 2.45) is 11.8 Å². The maximum Gasteiger partial charge on any atom is 0.229 e. The first-order valence-electron chi connectivity index (χ1n) is 10.8. The largest absolute Gasteiger partial charge is 0.385 e. The Balaban J connectivity index is 1.45. The SMILES string of the molecule is O=C(Nc1cc(-c2cccc(NCC3CCOCC3)c2)c(Cl)cn1)[C@H]1CCCNC1. The van der Waals surface area contributed by atoms with Crippen molar-refractivity contribution in [3.8, 4) is 11.1 Å². The van der Waals surface area contributed by atoms with Crippen LogP contribution in [0.4, 0.5) is 11.5 Å². The number of piperidine rings is 1. The van der Waals surface area contributed by atoms with E-state index in [4.69, 9.17) is 16.3 Å². The van der Waals surface area contributed by atoms with Crippen LogP contribution in [0.25, 0.3) is 11.1 Å². The summed E-state index contributed by atoms with van der Waals surface area (Å²) < 4.78 is 5.44. The van der Waals surface area contributed by atoms with Crippen LogP contribution in [0.5, 0.6) is 0 Å². The second kappa shape index (κ2) is 10.2. The highest BCUT2D eigenvalue weighted by atomic mass is 35.5. The topological polar surface area (TPSA) is 75.3 Å². The molecule has 1 aromatic heterocycles. The number of nitrogens with zero attached hydrogens (tertiary/aromatic N) is 1. The number of carbonyl (C=O) groups is 1. The van der Waals surface area contributed by atoms with Crippen molar-refractivity contribution in [2.75, 3.05) is 43.5 Å². The van der Waals surface area contributed by atoms with Crippen molar-refractivity contribution in [3.63, 3.8) is 0 Å². The van der Waals surface area contributed by atoms with E-state index in [1.165, 1.54) is 0 Å². The molecule has 7 heteroatoms. The molecule has 6 nitrogen and oxygen atoms in total. The van der Waals surface area contributed by atoms with E-state index in [-0.39, 0.29) is 11.8 Å². The van der Waals surface area contributed by atoms with Crippen LogP contribution in [0.15, 0.2) is 36.5 Å². The van der Waals surface area contributed by atoms with Crippen LogP contribution >= 0.6 is 11.6 Å². The molecule has 0 saturated carbocycles. The van der Waals surface area contributed by atoms with Gasteiger partial charge in [-0.2, -0.15) is 0 Å². The summed E-state index contributed by atoms with van der Waals surface area (Å²) in [4.78, 5) is 16.9. The first-order chi connectivity index (χ1) is 14.7. The van der Waals surface area contributed by atoms with E-state index < -0.39 is 0 Å². The van der Waals surface area contributed by atoms with Crippen molar-refractivity contribution >= 4 is 29.0 Å². The highest BCUT2D eigenvalue weighted by Gasteiger charge is 2.21. The quantitative estimate of drug-likeness (QED) is 0.643. The molecule has 0 radical (unpaired) electrons. The number of ether oxygens (including phenoxy) is 1. The molecule has 0 aliphatic carbocycles. The van der Waals surface area contributed by atoms with Gasteiger partial charge in [0.1, 0.15) is 5.82 Å². The van der Waals surface area contributed by atoms with Crippen LogP contribution in [-0.2, 0) is 9.53 Å². The molecule has 1 amide bonds. The third-order valence-corrected chi connectivity index (χ3v) is 6.18. The maximum atomic E-state index is 12.5. The molecule has 3 heterocycles. The van der Waals surface area contributed by atoms with Gasteiger partial charge in [-0.05, 0) is 61.9 Å². The lowest BCUT2D eigenvalue weighted by Crippen LogP contribution is -2.37. The summed E-state index contributed by atoms with van der Waals surface area (Å²) in [6, 6.07) is 10.1. The van der Waals surface area contributed by atoms with Gasteiger partial charge in [0.05, 0.1) is 10.9 Å². The van der Waals surface area contributed by atoms with Gasteiger partial charge in [-0.15, -0.1) is 0 Å². The van der Waals surface area contributed by atoms with Crippen LogP contribution in [0.3, 0.4) is 0 Å². The second-order valence-corrected chi connectivity index (χ2v) is 8.51. The van der Waals surface area contributed by atoms with Crippen LogP contribution in [0, 0.1) is 11.8 Å². The summed E-state index contributed by atoms with van der Waals surface area (Å²) in [7, 11) is 0. The van der Waals surface area contributed by atoms with E-state index in [0.29, 0.717) is 23.3 Å². The molecule has 2 aliphatic rings. The molecular formula is C23H29ClN4O2. The number of benzene rings is 1. The molecule has 2 saturated heterocycles. The molecule has 2 fully saturated rings. The Morgan fingerprint density at radius 1 is 1.23 bits per heavy atom. The van der Waals surface area contributed by atoms with Gasteiger partial charge >= 0.3 is 0 Å². The summed E-state index contributed by atoms with van der Waals surface area (Å²) in [5.41, 5.74) is 2.92. The van der Waals surface area contributed by atoms with Gasteiger partial charge in [0.15, 0.2) is 0 Å². The first-order valence-corrected chi connectivity index (χ1v) is 11.2. The molecule has 3 N–H and O–H groups in total. The fourth-order valence-corrected chi connectivity index (χ4v) is 4.25. The minimum Gasteiger partial charge on any atom is -0.385 e. The highest BCUT2D eigenvalue weighted by molar-refractivity contribution is 6.33. The monoisotopic (exact) mass is 428 g/mol. The van der Waals surface area contributed by atoms with Gasteiger partial charge in [-0.1, -0.05) is 23.7 Å². The summed E-state index contributed by atoms with van der Waals surface area (Å²) in [6.07, 6.45) is 5.73. The Bertz CT molecular complexity index is 864. The Hall–Kier alpha value is -2.15. The summed E-state index contributed by atoms with van der Waals surface area (Å²) in [5.74, 6) is 1.17. The normalized spacial score (nSPS) is 20.0. The van der Waals surface area contributed by atoms with E-state index in [1.807, 2.05) is 18.2 Å². The summed E-state index contributed by atoms with van der Waals surface area (Å²) in [6.45, 7) is 4.33. The molecule has 160 valence electrons. The number of carbonyl (C=O) groups excluding carboxylic acids is 1. The van der Waals surface area contributed by atoms with Crippen molar-refractivity contribution in [1.82, 2.24) is 10.3 Å². The number of anilines is 2. The van der Waals surface area contributed by atoms with Crippen molar-refractivity contribution in [2.45, 2.75) is 25.7 Å². The fourth-order valence-electron chi connectivity index (χ4n) is 4.04. The lowest BCUT2D eigenvalue weighted by molar-refractivity contribution is -0.120. The predicted octanol–water partition coefficient (Wildman–Crippen LogP) is 4.18. The Labute approximate surface area is 182 Å². The van der Waals surface area contributed by atoms with Gasteiger partial charge in [0, 0.05) is 43.8 Å². The summed E-state index contributed by atoms with van der Waals surface area (Å²) in [5, 5.41) is 10.3. The van der Waals surface area contributed by atoms with E-state index in [0.717, 1.165) is 68.8 Å². The second-order valence-electron chi connectivity index (χ2n) is 8.10. The number of aromatic nitrogens is 1. The Morgan fingerprint density at radius 3 is 2.90 bits per heavy atom. The lowest BCUT2D eigenvalue weighted by atomic mass is 9.99. The number of amides is 1. The van der Waals surface area contributed by atoms with Gasteiger partial charge in [-0.3, -0.25) is 4.79 Å². The van der Waals surface area contributed by atoms with Crippen LogP contribution < -0.4 is 16.0 Å². The highest BCUT2D eigenvalue weighted by Crippen LogP contribution is 2.31. The molecule has 2 aliphatic heterocycles. The van der Waals surface area contributed by atoms with Crippen LogP contribution in [0.2, 0.25) is 5.02 Å². The standard InChI is InChI=1S/C23H29ClN4O2/c24-21-15-27-22(28-23(29)18-4-2-8-25-14-18)12-20(21)17-3-1-5-19(11-17)26-13-16-6-9-30-10-7-16/h1,3,5,11-12,15-16,18,25-26H,2,4,6-10,13-14H2,(H,27,28,29)/t18-/m0/s1. The van der Waals surface area contributed by atoms with Gasteiger partial charge < -0.3 is 20.7 Å². The Morgan fingerprint density at radius 2 is 2.10 bits per heavy atom. The van der Waals surface area contributed by atoms with E-state index in [9.17, 15) is 4.79 Å². The molecule has 1 aromatic carbocycles. The average molecular weight is 429 g/mol. The molecule has 4 rings (SSSR count). The zero-order valence-corrected chi connectivity index (χ0v) is 17.9. The minimum absolute atomic E-state index is 0.00912. The number of pyridine rings is 1. The number of hydrogen-bond donors (Lipinski definition) is 3. The van der Waals surface area contributed by atoms with Crippen molar-refractivity contribution in [3.05, 3.63) is 41.6 Å². The van der Waals surface area contributed by atoms with E-state index >= 15 is 0 Å². The molecule has 0 spiro atoms. The third kappa shape index (κ3) is 5.50. The minimum atomic E-state index is -0.0163. The molecular weight excluding hydrogens is 400 g/mol. The number of hydrogen-bond acceptors (Lipinski definition) is 5. The molecule has 1 atom stereocenters. The van der Waals surface area contributed by atoms with E-state index in [1.54, 1.807) is 6.20 Å². The van der Waals surface area contributed by atoms with Gasteiger partial charge in [-0.25, -0.2) is 4.98 Å². The summed E-state index contributed by atoms with van der Waals surface area (Å²) >= 11 is 6.45. The zero-order chi connectivity index (χ0) is 20.8. The molecule has 2 aromatic rings. The van der Waals surface area contributed by atoms with Crippen LogP contribution in [0.1, 0.15) is 25.7 Å². The first kappa shape index (κ1) is 21.1. The number of rotatable bonds is 6. The molecule has 0 unspecified atom stereocenters. The average Bonchev–Trinajstić information content (AvgIpc) is 2.80. The molecule has 0 bridgehead atoms. The van der Waals surface area contributed by atoms with Crippen molar-refractivity contribution < 1.29 is 9.53 Å². The van der Waals surface area contributed by atoms with Gasteiger partial charge in [0.25, 0.3) is 0 Å².